The quantitative estimate of drug-likeness (QED) is 0.196. The zero-order chi connectivity index (χ0) is 29.7. The normalized spacial score (nSPS) is 13.7. The molecule has 0 spiro atoms. The lowest BCUT2D eigenvalue weighted by Gasteiger charge is -2.19. The summed E-state index contributed by atoms with van der Waals surface area (Å²) in [5, 5.41) is 12.4. The highest BCUT2D eigenvalue weighted by Gasteiger charge is 2.30. The minimum Gasteiger partial charge on any atom is -0.493 e. The lowest BCUT2D eigenvalue weighted by Crippen LogP contribution is -2.30. The van der Waals surface area contributed by atoms with Crippen molar-refractivity contribution < 1.29 is 33.3 Å². The number of benzene rings is 2. The third-order valence-electron chi connectivity index (χ3n) is 6.78. The van der Waals surface area contributed by atoms with Crippen molar-refractivity contribution >= 4 is 17.7 Å². The summed E-state index contributed by atoms with van der Waals surface area (Å²) in [5.74, 6) is -0.285. The van der Waals surface area contributed by atoms with Gasteiger partial charge in [-0.15, -0.1) is 21.9 Å². The van der Waals surface area contributed by atoms with Crippen LogP contribution in [0.1, 0.15) is 46.4 Å². The minimum atomic E-state index is -1.03. The van der Waals surface area contributed by atoms with E-state index in [9.17, 15) is 19.7 Å². The Kier molecular flexibility index (Phi) is 9.33. The molecule has 0 fully saturated rings. The van der Waals surface area contributed by atoms with Crippen molar-refractivity contribution in [3.63, 3.8) is 0 Å². The number of carbonyl (C=O) groups excluding carboxylic acids is 1. The molecule has 0 aromatic heterocycles. The molecule has 4 rings (SSSR count). The van der Waals surface area contributed by atoms with Crippen molar-refractivity contribution in [2.24, 2.45) is 0 Å². The predicted molar refractivity (Wildman–Crippen MR) is 151 cm³/mol. The average molecular weight is 585 g/mol. The van der Waals surface area contributed by atoms with E-state index in [-0.39, 0.29) is 16.6 Å². The molecule has 1 amide bonds. The van der Waals surface area contributed by atoms with Crippen LogP contribution in [0.25, 0.3) is 11.1 Å². The molecule has 0 bridgehead atoms. The summed E-state index contributed by atoms with van der Waals surface area (Å²) in [6.45, 7) is 1.58. The van der Waals surface area contributed by atoms with Gasteiger partial charge in [-0.1, -0.05) is 18.2 Å². The number of amides is 1. The summed E-state index contributed by atoms with van der Waals surface area (Å²) in [4.78, 5) is 41.9. The predicted octanol–water partition coefficient (Wildman–Crippen LogP) is 5.12. The van der Waals surface area contributed by atoms with Gasteiger partial charge in [-0.25, -0.2) is 4.39 Å². The van der Waals surface area contributed by atoms with Crippen LogP contribution >= 0.6 is 11.8 Å². The standard InChI is InChI=1S/C29H29FN2O8S/c1-5-39-27-18-9-11-22(31-29(34)19-8-6-7-16(26(19)30)15-40-32(35)36)21-13-23(33)25(41-4)12-10-17(21)20(18)14-24(37-2)28(27)38-3/h6-8,10,12-14,22H,5,9,11,15H2,1-4H3,(H,31,34)/t22-/m0/s1. The van der Waals surface area contributed by atoms with Crippen LogP contribution in [0.15, 0.2) is 52.2 Å². The van der Waals surface area contributed by atoms with Gasteiger partial charge >= 0.3 is 0 Å². The van der Waals surface area contributed by atoms with Crippen LogP contribution in [0.2, 0.25) is 0 Å². The second-order valence-electron chi connectivity index (χ2n) is 9.02. The molecule has 216 valence electrons. The van der Waals surface area contributed by atoms with Gasteiger partial charge in [-0.05, 0) is 67.0 Å². The molecule has 0 saturated heterocycles. The second-order valence-corrected chi connectivity index (χ2v) is 9.87. The highest BCUT2D eigenvalue weighted by Crippen LogP contribution is 2.49. The van der Waals surface area contributed by atoms with E-state index in [1.807, 2.05) is 19.1 Å². The first-order valence-electron chi connectivity index (χ1n) is 12.7. The molecule has 3 aromatic rings. The highest BCUT2D eigenvalue weighted by molar-refractivity contribution is 7.98. The zero-order valence-corrected chi connectivity index (χ0v) is 23.8. The Balaban J connectivity index is 1.85. The molecule has 41 heavy (non-hydrogen) atoms. The van der Waals surface area contributed by atoms with Crippen molar-refractivity contribution in [3.8, 4) is 28.4 Å². The number of carbonyl (C=O) groups is 1. The Bertz CT molecular complexity index is 1550. The number of thioether (sulfide) groups is 1. The maximum atomic E-state index is 15.2. The van der Waals surface area contributed by atoms with Gasteiger partial charge in [0.1, 0.15) is 12.4 Å². The third kappa shape index (κ3) is 6.07. The molecule has 0 heterocycles. The van der Waals surface area contributed by atoms with Crippen molar-refractivity contribution in [1.29, 1.82) is 0 Å². The number of rotatable bonds is 10. The maximum Gasteiger partial charge on any atom is 0.294 e. The number of halogens is 1. The molecular weight excluding hydrogens is 555 g/mol. The highest BCUT2D eigenvalue weighted by atomic mass is 32.2. The summed E-state index contributed by atoms with van der Waals surface area (Å²) >= 11 is 1.30. The molecule has 1 aliphatic rings. The Morgan fingerprint density at radius 3 is 2.59 bits per heavy atom. The third-order valence-corrected chi connectivity index (χ3v) is 7.56. The zero-order valence-electron chi connectivity index (χ0n) is 22.9. The van der Waals surface area contributed by atoms with E-state index in [0.717, 1.165) is 11.1 Å². The Morgan fingerprint density at radius 2 is 1.93 bits per heavy atom. The first-order valence-corrected chi connectivity index (χ1v) is 13.9. The number of hydrogen-bond acceptors (Lipinski definition) is 9. The van der Waals surface area contributed by atoms with E-state index in [2.05, 4.69) is 10.2 Å². The van der Waals surface area contributed by atoms with Gasteiger partial charge in [0.15, 0.2) is 16.9 Å². The minimum absolute atomic E-state index is 0.138. The van der Waals surface area contributed by atoms with Gasteiger partial charge in [0, 0.05) is 11.1 Å². The first-order chi connectivity index (χ1) is 19.7. The van der Waals surface area contributed by atoms with Crippen LogP contribution in [-0.2, 0) is 17.9 Å². The second kappa shape index (κ2) is 12.9. The molecule has 12 heteroatoms. The van der Waals surface area contributed by atoms with Gasteiger partial charge in [0.05, 0.1) is 37.3 Å². The van der Waals surface area contributed by atoms with Crippen LogP contribution < -0.4 is 25.0 Å². The molecule has 1 atom stereocenters. The van der Waals surface area contributed by atoms with Gasteiger partial charge < -0.3 is 24.4 Å². The SMILES string of the molecule is CCOc1c2c(cc(OC)c1OC)-c1ccc(SC)c(=O)cc1[C@@H](NC(=O)c1cccc(CO[N+](=O)[O-])c1F)CC2. The van der Waals surface area contributed by atoms with E-state index in [4.69, 9.17) is 14.2 Å². The summed E-state index contributed by atoms with van der Waals surface area (Å²) in [7, 11) is 3.04. The molecule has 10 nitrogen and oxygen atoms in total. The Hall–Kier alpha value is -4.32. The molecule has 0 saturated carbocycles. The molecule has 3 aromatic carbocycles. The summed E-state index contributed by atoms with van der Waals surface area (Å²) in [5.41, 5.74) is 2.13. The number of nitrogens with zero attached hydrogens (tertiary/aromatic N) is 1. The van der Waals surface area contributed by atoms with Crippen LogP contribution in [-0.4, -0.2) is 38.1 Å². The number of ether oxygens (including phenoxy) is 3. The fourth-order valence-corrected chi connectivity index (χ4v) is 5.40. The maximum absolute atomic E-state index is 15.2. The Labute approximate surface area is 239 Å². The average Bonchev–Trinajstić information content (AvgIpc) is 3.20. The lowest BCUT2D eigenvalue weighted by atomic mass is 9.96. The summed E-state index contributed by atoms with van der Waals surface area (Å²) in [6.07, 6.45) is 2.58. The molecule has 1 N–H and O–H groups in total. The number of nitrogens with one attached hydrogen (secondary N) is 1. The number of methoxy groups -OCH3 is 2. The Morgan fingerprint density at radius 1 is 1.15 bits per heavy atom. The monoisotopic (exact) mass is 584 g/mol. The van der Waals surface area contributed by atoms with Gasteiger partial charge in [-0.2, -0.15) is 0 Å². The topological polar surface area (TPSA) is 126 Å². The first kappa shape index (κ1) is 29.7. The largest absolute Gasteiger partial charge is 0.493 e. The van der Waals surface area contributed by atoms with Gasteiger partial charge in [0.25, 0.3) is 11.0 Å². The molecule has 1 aliphatic carbocycles. The van der Waals surface area contributed by atoms with E-state index in [1.165, 1.54) is 50.2 Å². The van der Waals surface area contributed by atoms with Crippen molar-refractivity contribution in [1.82, 2.24) is 5.32 Å². The van der Waals surface area contributed by atoms with E-state index >= 15 is 4.39 Å². The van der Waals surface area contributed by atoms with Crippen LogP contribution in [0.4, 0.5) is 4.39 Å². The fourth-order valence-electron chi connectivity index (χ4n) is 4.93. The summed E-state index contributed by atoms with van der Waals surface area (Å²) in [6, 6.07) is 10.2. The molecular formula is C29H29FN2O8S. The smallest absolute Gasteiger partial charge is 0.294 e. The molecule has 0 unspecified atom stereocenters. The fraction of sp³-hybridized carbons (Fsp3) is 0.310. The van der Waals surface area contributed by atoms with E-state index < -0.39 is 29.5 Å². The molecule has 0 radical (unpaired) electrons. The van der Waals surface area contributed by atoms with Gasteiger partial charge in [0.2, 0.25) is 5.75 Å². The van der Waals surface area contributed by atoms with Crippen LogP contribution in [0, 0.1) is 15.9 Å². The van der Waals surface area contributed by atoms with Crippen molar-refractivity contribution in [2.45, 2.75) is 37.3 Å². The van der Waals surface area contributed by atoms with Crippen LogP contribution in [0.5, 0.6) is 17.2 Å². The molecule has 0 aliphatic heterocycles. The van der Waals surface area contributed by atoms with E-state index in [1.54, 1.807) is 12.3 Å². The lowest BCUT2D eigenvalue weighted by molar-refractivity contribution is -0.763. The number of fused-ring (bicyclic) bond motifs is 3. The summed E-state index contributed by atoms with van der Waals surface area (Å²) < 4.78 is 32.4. The van der Waals surface area contributed by atoms with E-state index in [0.29, 0.717) is 52.7 Å². The van der Waals surface area contributed by atoms with Crippen molar-refractivity contribution in [3.05, 3.63) is 90.9 Å². The van der Waals surface area contributed by atoms with Crippen LogP contribution in [0.3, 0.4) is 0 Å². The van der Waals surface area contributed by atoms with Gasteiger partial charge in [-0.3, -0.25) is 9.59 Å². The number of hydrogen-bond donors (Lipinski definition) is 1. The van der Waals surface area contributed by atoms with Crippen molar-refractivity contribution in [2.75, 3.05) is 27.1 Å².